The molecule has 0 radical (unpaired) electrons. The van der Waals surface area contributed by atoms with Crippen LogP contribution in [0.5, 0.6) is 0 Å². The van der Waals surface area contributed by atoms with Gasteiger partial charge in [-0.15, -0.1) is 5.10 Å². The van der Waals surface area contributed by atoms with Gasteiger partial charge in [-0.05, 0) is 0 Å². The number of carbonyl (C=O) groups is 3. The third kappa shape index (κ3) is 6.17. The Labute approximate surface area is 121 Å². The molecule has 0 aliphatic rings. The lowest BCUT2D eigenvalue weighted by molar-refractivity contribution is -0.192. The predicted molar refractivity (Wildman–Crippen MR) is 63.7 cm³/mol. The molecule has 0 aromatic carbocycles. The maximum atomic E-state index is 11.0. The number of alkyl halides is 3. The van der Waals surface area contributed by atoms with Crippen LogP contribution in [0.15, 0.2) is 0 Å². The minimum absolute atomic E-state index is 0.118. The maximum absolute atomic E-state index is 11.0. The number of carbonyl (C=O) groups excluding carboxylic acids is 2. The molecule has 0 fully saturated rings. The number of nitrogens with one attached hydrogen (secondary N) is 1. The number of aliphatic carboxylic acids is 1. The number of hydrogen-bond acceptors (Lipinski definition) is 7. The third-order valence-electron chi connectivity index (χ3n) is 1.81. The lowest BCUT2D eigenvalue weighted by Gasteiger charge is -1.99. The van der Waals surface area contributed by atoms with Gasteiger partial charge >= 0.3 is 18.1 Å². The average Bonchev–Trinajstić information content (AvgIpc) is 2.78. The molecule has 0 spiro atoms. The number of nitrogens with zero attached hydrogens (tertiary/aromatic N) is 3. The molecular formula is C9H12F3N5O5. The quantitative estimate of drug-likeness (QED) is 0.607. The summed E-state index contributed by atoms with van der Waals surface area (Å²) < 4.78 is 37.4. The van der Waals surface area contributed by atoms with Crippen LogP contribution in [0.4, 0.5) is 19.1 Å². The molecule has 1 aromatic heterocycles. The van der Waals surface area contributed by atoms with Crippen LogP contribution in [0.1, 0.15) is 10.6 Å². The standard InChI is InChI=1S/C7H11N5O3.C2HF3O2/c1-12-7(9-4(13)3-8)10-5(11-12)6(14)15-2;3-2(4,5)1(6)7/h3,8H2,1-2H3,(H,9,10,11,13);(H,6,7). The second kappa shape index (κ2) is 7.92. The molecule has 1 aromatic rings. The number of ether oxygens (including phenoxy) is 1. The molecule has 0 atom stereocenters. The first-order valence-corrected chi connectivity index (χ1v) is 5.32. The summed E-state index contributed by atoms with van der Waals surface area (Å²) in [5, 5.41) is 13.2. The zero-order valence-electron chi connectivity index (χ0n) is 11.3. The van der Waals surface area contributed by atoms with Gasteiger partial charge in [0.15, 0.2) is 0 Å². The minimum Gasteiger partial charge on any atom is -0.475 e. The van der Waals surface area contributed by atoms with Crippen molar-refractivity contribution in [1.82, 2.24) is 14.8 Å². The van der Waals surface area contributed by atoms with Crippen molar-refractivity contribution in [3.8, 4) is 0 Å². The largest absolute Gasteiger partial charge is 0.490 e. The fraction of sp³-hybridized carbons (Fsp3) is 0.444. The van der Waals surface area contributed by atoms with Gasteiger partial charge in [0, 0.05) is 7.05 Å². The number of carboxylic acids is 1. The number of carboxylic acid groups (broad SMARTS) is 1. The van der Waals surface area contributed by atoms with Crippen molar-refractivity contribution in [3.05, 3.63) is 5.82 Å². The van der Waals surface area contributed by atoms with Crippen LogP contribution in [-0.4, -0.2) is 57.5 Å². The molecule has 4 N–H and O–H groups in total. The van der Waals surface area contributed by atoms with Gasteiger partial charge in [-0.1, -0.05) is 0 Å². The van der Waals surface area contributed by atoms with E-state index in [4.69, 9.17) is 15.6 Å². The smallest absolute Gasteiger partial charge is 0.475 e. The highest BCUT2D eigenvalue weighted by Crippen LogP contribution is 2.13. The van der Waals surface area contributed by atoms with E-state index < -0.39 is 24.0 Å². The number of hydrogen-bond donors (Lipinski definition) is 3. The van der Waals surface area contributed by atoms with E-state index in [1.807, 2.05) is 0 Å². The van der Waals surface area contributed by atoms with Crippen LogP contribution < -0.4 is 11.1 Å². The van der Waals surface area contributed by atoms with Crippen LogP contribution in [0.25, 0.3) is 0 Å². The number of methoxy groups -OCH3 is 1. The fourth-order valence-electron chi connectivity index (χ4n) is 0.847. The molecule has 0 bridgehead atoms. The van der Waals surface area contributed by atoms with Gasteiger partial charge in [0.25, 0.3) is 5.82 Å². The molecule has 22 heavy (non-hydrogen) atoms. The van der Waals surface area contributed by atoms with E-state index in [1.165, 1.54) is 18.8 Å². The zero-order chi connectivity index (χ0) is 17.5. The van der Waals surface area contributed by atoms with E-state index in [0.717, 1.165) is 0 Å². The Morgan fingerprint density at radius 2 is 1.91 bits per heavy atom. The molecule has 13 heteroatoms. The number of esters is 1. The molecular weight excluding hydrogens is 315 g/mol. The highest BCUT2D eigenvalue weighted by molar-refractivity contribution is 5.91. The van der Waals surface area contributed by atoms with Gasteiger partial charge in [0.05, 0.1) is 13.7 Å². The molecule has 1 amide bonds. The molecule has 1 heterocycles. The number of nitrogens with two attached hydrogens (primary N) is 1. The summed E-state index contributed by atoms with van der Waals surface area (Å²) >= 11 is 0. The summed E-state index contributed by atoms with van der Waals surface area (Å²) in [5.41, 5.74) is 5.10. The highest BCUT2D eigenvalue weighted by Gasteiger charge is 2.38. The monoisotopic (exact) mass is 327 g/mol. The molecule has 0 aliphatic heterocycles. The van der Waals surface area contributed by atoms with Crippen molar-refractivity contribution in [3.63, 3.8) is 0 Å². The van der Waals surface area contributed by atoms with Crippen molar-refractivity contribution >= 4 is 23.8 Å². The van der Waals surface area contributed by atoms with E-state index in [1.54, 1.807) is 0 Å². The van der Waals surface area contributed by atoms with E-state index in [0.29, 0.717) is 0 Å². The first-order valence-electron chi connectivity index (χ1n) is 5.32. The van der Waals surface area contributed by atoms with Crippen LogP contribution in [-0.2, 0) is 21.4 Å². The van der Waals surface area contributed by atoms with Crippen molar-refractivity contribution in [2.45, 2.75) is 6.18 Å². The summed E-state index contributed by atoms with van der Waals surface area (Å²) in [7, 11) is 2.75. The summed E-state index contributed by atoms with van der Waals surface area (Å²) in [6.07, 6.45) is -5.08. The Hall–Kier alpha value is -2.70. The van der Waals surface area contributed by atoms with Gasteiger partial charge in [-0.2, -0.15) is 18.2 Å². The zero-order valence-corrected chi connectivity index (χ0v) is 11.3. The molecule has 0 aliphatic carbocycles. The van der Waals surface area contributed by atoms with Gasteiger partial charge < -0.3 is 15.6 Å². The number of rotatable bonds is 3. The molecule has 10 nitrogen and oxygen atoms in total. The number of aromatic nitrogens is 3. The molecule has 0 unspecified atom stereocenters. The van der Waals surface area contributed by atoms with Crippen molar-refractivity contribution in [2.24, 2.45) is 12.8 Å². The van der Waals surface area contributed by atoms with Crippen molar-refractivity contribution in [2.75, 3.05) is 19.0 Å². The summed E-state index contributed by atoms with van der Waals surface area (Å²) in [5.74, 6) is -3.81. The van der Waals surface area contributed by atoms with E-state index in [2.05, 4.69) is 20.1 Å². The van der Waals surface area contributed by atoms with Gasteiger partial charge in [0.1, 0.15) is 0 Å². The van der Waals surface area contributed by atoms with Crippen LogP contribution in [0, 0.1) is 0 Å². The molecule has 124 valence electrons. The number of halogens is 3. The Morgan fingerprint density at radius 1 is 1.41 bits per heavy atom. The lowest BCUT2D eigenvalue weighted by atomic mass is 10.6. The predicted octanol–water partition coefficient (Wildman–Crippen LogP) is -0.868. The van der Waals surface area contributed by atoms with Crippen molar-refractivity contribution in [1.29, 1.82) is 0 Å². The summed E-state index contributed by atoms with van der Waals surface area (Å²) in [4.78, 5) is 34.6. The highest BCUT2D eigenvalue weighted by atomic mass is 19.4. The van der Waals surface area contributed by atoms with E-state index in [9.17, 15) is 22.8 Å². The van der Waals surface area contributed by atoms with Crippen molar-refractivity contribution < 1.29 is 37.4 Å². The normalized spacial score (nSPS) is 10.3. The number of amides is 1. The summed E-state index contributed by atoms with van der Waals surface area (Å²) in [6.45, 7) is -0.166. The Morgan fingerprint density at radius 3 is 2.27 bits per heavy atom. The van der Waals surface area contributed by atoms with Crippen LogP contribution in [0.3, 0.4) is 0 Å². The summed E-state index contributed by atoms with van der Waals surface area (Å²) in [6, 6.07) is 0. The van der Waals surface area contributed by atoms with Gasteiger partial charge in [-0.25, -0.2) is 14.3 Å². The fourth-order valence-corrected chi connectivity index (χ4v) is 0.847. The number of anilines is 1. The maximum Gasteiger partial charge on any atom is 0.490 e. The van der Waals surface area contributed by atoms with Gasteiger partial charge in [-0.3, -0.25) is 10.1 Å². The van der Waals surface area contributed by atoms with Crippen LogP contribution in [0.2, 0.25) is 0 Å². The van der Waals surface area contributed by atoms with Crippen LogP contribution >= 0.6 is 0 Å². The third-order valence-corrected chi connectivity index (χ3v) is 1.81. The molecule has 1 rings (SSSR count). The Kier molecular flexibility index (Phi) is 6.95. The lowest BCUT2D eigenvalue weighted by Crippen LogP contribution is -2.23. The first-order chi connectivity index (χ1) is 10.0. The second-order valence-corrected chi connectivity index (χ2v) is 3.43. The molecule has 0 saturated heterocycles. The second-order valence-electron chi connectivity index (χ2n) is 3.43. The topological polar surface area (TPSA) is 149 Å². The SMILES string of the molecule is COC(=O)c1nc(NC(=O)CN)n(C)n1.O=C(O)C(F)(F)F. The molecule has 0 saturated carbocycles. The average molecular weight is 327 g/mol. The Bertz CT molecular complexity index is 556. The first kappa shape index (κ1) is 19.3. The minimum atomic E-state index is -5.08. The Balaban J connectivity index is 0.000000534. The number of aryl methyl sites for hydroxylation is 1. The van der Waals surface area contributed by atoms with Gasteiger partial charge in [0.2, 0.25) is 11.9 Å². The van der Waals surface area contributed by atoms with E-state index in [-0.39, 0.29) is 18.3 Å². The van der Waals surface area contributed by atoms with E-state index >= 15 is 0 Å².